The van der Waals surface area contributed by atoms with Crippen molar-refractivity contribution >= 4 is 63.9 Å². The minimum atomic E-state index is -0.728. The molecule has 3 aromatic carbocycles. The number of rotatable bonds is 27. The third-order valence-corrected chi connectivity index (χ3v) is 15.0. The SMILES string of the molecule is C#CCOCCOCCOCCNc1nc(N2CCN(C(=O)[C@@H](Cc3cc4ccccc4[nH]3)n3cc([C@@H](N)CC(C)C)nn3)CC2)nc(N2CCN(C(=O)[C@H](Cc3cc4ccccc4[nH]3)n3cc([C@@H](N)Cc4ccc(O)cc4)nn3)CC2)n1.Cl. The lowest BCUT2D eigenvalue weighted by molar-refractivity contribution is -0.136. The summed E-state index contributed by atoms with van der Waals surface area (Å²) < 4.78 is 20.0. The Balaban J connectivity index is 0.00000846. The predicted octanol–water partition coefficient (Wildman–Crippen LogP) is 4.79. The first kappa shape index (κ1) is 60.4. The molecule has 2 aliphatic heterocycles. The number of hydrogen-bond acceptors (Lipinski definition) is 18. The van der Waals surface area contributed by atoms with Gasteiger partial charge < -0.3 is 65.7 Å². The summed E-state index contributed by atoms with van der Waals surface area (Å²) in [5.74, 6) is 4.08. The molecule has 10 rings (SSSR count). The molecule has 0 radical (unpaired) electrons. The lowest BCUT2D eigenvalue weighted by Crippen LogP contribution is -2.52. The number of aromatic nitrogens is 11. The topological polar surface area (TPSA) is 291 Å². The third kappa shape index (κ3) is 15.5. The van der Waals surface area contributed by atoms with Gasteiger partial charge in [-0.25, -0.2) is 9.36 Å². The van der Waals surface area contributed by atoms with Crippen molar-refractivity contribution in [1.82, 2.24) is 64.7 Å². The van der Waals surface area contributed by atoms with Gasteiger partial charge in [0.1, 0.15) is 24.4 Å². The van der Waals surface area contributed by atoms with Gasteiger partial charge in [0.25, 0.3) is 0 Å². The Bertz CT molecular complexity index is 3370. The van der Waals surface area contributed by atoms with E-state index in [1.165, 1.54) is 0 Å². The fourth-order valence-electron chi connectivity index (χ4n) is 10.5. The van der Waals surface area contributed by atoms with Crippen molar-refractivity contribution in [1.29, 1.82) is 0 Å². The van der Waals surface area contributed by atoms with Crippen LogP contribution in [0.1, 0.15) is 72.8 Å². The Morgan fingerprint density at radius 2 is 1.14 bits per heavy atom. The van der Waals surface area contributed by atoms with Crippen LogP contribution in [0.15, 0.2) is 97.3 Å². The van der Waals surface area contributed by atoms with Crippen LogP contribution < -0.4 is 26.6 Å². The smallest absolute Gasteiger partial charge is 0.248 e. The molecule has 2 fully saturated rings. The summed E-state index contributed by atoms with van der Waals surface area (Å²) in [5.41, 5.74) is 19.1. The van der Waals surface area contributed by atoms with Crippen molar-refractivity contribution in [2.45, 2.75) is 63.7 Å². The van der Waals surface area contributed by atoms with Crippen LogP contribution >= 0.6 is 12.4 Å². The monoisotopic (exact) mass is 1170 g/mol. The molecule has 2 amide bonds. The summed E-state index contributed by atoms with van der Waals surface area (Å²) in [6.07, 6.45) is 10.8. The Morgan fingerprint density at radius 3 is 1.64 bits per heavy atom. The maximum absolute atomic E-state index is 14.9. The van der Waals surface area contributed by atoms with Crippen LogP contribution in [0.4, 0.5) is 17.8 Å². The lowest BCUT2D eigenvalue weighted by atomic mass is 10.0. The maximum Gasteiger partial charge on any atom is 0.248 e. The minimum Gasteiger partial charge on any atom is -0.508 e. The molecule has 0 spiro atoms. The number of H-pyrrole nitrogens is 2. The maximum atomic E-state index is 14.9. The molecule has 25 heteroatoms. The lowest BCUT2D eigenvalue weighted by Gasteiger charge is -2.38. The van der Waals surface area contributed by atoms with E-state index < -0.39 is 18.1 Å². The van der Waals surface area contributed by atoms with Gasteiger partial charge in [0.05, 0.1) is 68.9 Å². The van der Waals surface area contributed by atoms with Crippen molar-refractivity contribution in [2.75, 3.05) is 114 Å². The largest absolute Gasteiger partial charge is 0.508 e. The second-order valence-corrected chi connectivity index (χ2v) is 21.5. The highest BCUT2D eigenvalue weighted by Crippen LogP contribution is 2.28. The van der Waals surface area contributed by atoms with Crippen LogP contribution in [0.25, 0.3) is 21.8 Å². The number of aromatic amines is 2. The highest BCUT2D eigenvalue weighted by Gasteiger charge is 2.34. The van der Waals surface area contributed by atoms with E-state index in [1.54, 1.807) is 27.7 Å². The van der Waals surface area contributed by atoms with Crippen LogP contribution in [-0.4, -0.2) is 180 Å². The number of para-hydroxylation sites is 2. The zero-order valence-corrected chi connectivity index (χ0v) is 48.3. The predicted molar refractivity (Wildman–Crippen MR) is 322 cm³/mol. The summed E-state index contributed by atoms with van der Waals surface area (Å²) in [4.78, 5) is 59.4. The van der Waals surface area contributed by atoms with E-state index in [2.05, 4.69) is 77.6 Å². The number of nitrogens with zero attached hydrogens (tertiary/aromatic N) is 13. The molecular formula is C59H75ClN18O6. The number of benzene rings is 3. The number of halogens is 1. The van der Waals surface area contributed by atoms with E-state index in [4.69, 9.17) is 47.1 Å². The van der Waals surface area contributed by atoms with E-state index in [1.807, 2.05) is 76.7 Å². The first-order valence-electron chi connectivity index (χ1n) is 28.4. The molecular weight excluding hydrogens is 1090 g/mol. The van der Waals surface area contributed by atoms with Gasteiger partial charge in [-0.15, -0.1) is 29.0 Å². The second kappa shape index (κ2) is 28.9. The zero-order valence-electron chi connectivity index (χ0n) is 47.5. The molecule has 444 valence electrons. The number of carbonyl (C=O) groups is 2. The number of nitrogens with one attached hydrogen (secondary N) is 3. The van der Waals surface area contributed by atoms with Gasteiger partial charge in [-0.05, 0) is 71.5 Å². The molecule has 0 saturated carbocycles. The average molecular weight is 1170 g/mol. The average Bonchev–Trinajstić information content (AvgIpc) is 4.50. The van der Waals surface area contributed by atoms with Crippen LogP contribution in [0, 0.1) is 18.3 Å². The number of hydrogen-bond donors (Lipinski definition) is 6. The molecule has 0 bridgehead atoms. The first-order chi connectivity index (χ1) is 40.4. The van der Waals surface area contributed by atoms with Gasteiger partial charge in [-0.3, -0.25) is 9.59 Å². The number of carbonyl (C=O) groups excluding carboxylic acids is 2. The Labute approximate surface area is 494 Å². The number of phenolic OH excluding ortho intramolecular Hbond substituents is 1. The summed E-state index contributed by atoms with van der Waals surface area (Å²) in [6.45, 7) is 10.2. The molecule has 2 saturated heterocycles. The fraction of sp³-hybridized carbons (Fsp3) is 0.441. The van der Waals surface area contributed by atoms with Gasteiger partial charge in [-0.1, -0.05) is 78.7 Å². The molecule has 7 heterocycles. The zero-order chi connectivity index (χ0) is 57.7. The van der Waals surface area contributed by atoms with E-state index in [0.717, 1.165) is 45.2 Å². The summed E-state index contributed by atoms with van der Waals surface area (Å²) >= 11 is 0. The second-order valence-electron chi connectivity index (χ2n) is 21.5. The molecule has 4 atom stereocenters. The first-order valence-corrected chi connectivity index (χ1v) is 28.4. The summed E-state index contributed by atoms with van der Waals surface area (Å²) in [5, 5.41) is 33.2. The van der Waals surface area contributed by atoms with E-state index in [9.17, 15) is 14.7 Å². The van der Waals surface area contributed by atoms with Crippen LogP contribution in [0.3, 0.4) is 0 Å². The van der Waals surface area contributed by atoms with Gasteiger partial charge in [0, 0.05) is 94.2 Å². The van der Waals surface area contributed by atoms with Crippen molar-refractivity contribution < 1.29 is 28.9 Å². The van der Waals surface area contributed by atoms with Gasteiger partial charge in [-0.2, -0.15) is 15.0 Å². The molecule has 8 aromatic rings. The van der Waals surface area contributed by atoms with E-state index in [0.29, 0.717) is 146 Å². The van der Waals surface area contributed by atoms with Gasteiger partial charge in [0.15, 0.2) is 0 Å². The van der Waals surface area contributed by atoms with Gasteiger partial charge >= 0.3 is 0 Å². The number of aromatic hydroxyl groups is 1. The third-order valence-electron chi connectivity index (χ3n) is 15.0. The Kier molecular flexibility index (Phi) is 20.8. The molecule has 2 aliphatic rings. The van der Waals surface area contributed by atoms with Gasteiger partial charge in [0.2, 0.25) is 29.7 Å². The number of anilines is 3. The number of amides is 2. The van der Waals surface area contributed by atoms with Crippen LogP contribution in [0.5, 0.6) is 5.75 Å². The number of terminal acetylenes is 1. The van der Waals surface area contributed by atoms with Crippen LogP contribution in [-0.2, 0) is 43.1 Å². The van der Waals surface area contributed by atoms with Crippen molar-refractivity contribution in [3.8, 4) is 18.1 Å². The summed E-state index contributed by atoms with van der Waals surface area (Å²) in [6, 6.07) is 24.9. The van der Waals surface area contributed by atoms with Crippen molar-refractivity contribution in [3.63, 3.8) is 0 Å². The van der Waals surface area contributed by atoms with Crippen molar-refractivity contribution in [3.05, 3.63) is 126 Å². The highest BCUT2D eigenvalue weighted by atomic mass is 35.5. The minimum absolute atomic E-state index is 0. The number of piperazine rings is 2. The Morgan fingerprint density at radius 1 is 0.655 bits per heavy atom. The molecule has 84 heavy (non-hydrogen) atoms. The molecule has 0 aliphatic carbocycles. The molecule has 24 nitrogen and oxygen atoms in total. The Hall–Kier alpha value is -8.18. The summed E-state index contributed by atoms with van der Waals surface area (Å²) in [7, 11) is 0. The van der Waals surface area contributed by atoms with Crippen molar-refractivity contribution in [2.24, 2.45) is 17.4 Å². The number of phenols is 1. The normalized spacial score (nSPS) is 15.3. The number of nitrogens with two attached hydrogens (primary N) is 2. The fourth-order valence-corrected chi connectivity index (χ4v) is 10.5. The standard InChI is InChI=1S/C59H74N18O6.ClH/c1-4-26-81-28-30-83-31-29-82-27-17-62-57-65-58(74-22-18-72(19-23-74)55(79)53(36-44-34-42-9-5-7-11-49(42)63-44)76-38-51(68-70-76)47(60)32-40(2)3)67-59(66-57)75-24-20-73(21-25-75)56(80)54(37-45-35-43-10-6-8-12-50(43)64-45)77-39-52(69-71-77)48(61)33-41-13-15-46(78)16-14-41;/h1,5-16,34-35,38-40,47-48,53-54,63-64,78H,17-33,36-37,60-61H2,2-3H3,(H,62,65,66,67);1H/t47-,48-,53+,54-;/m0./s1. The highest BCUT2D eigenvalue weighted by molar-refractivity contribution is 5.85. The van der Waals surface area contributed by atoms with E-state index in [-0.39, 0.29) is 42.6 Å². The molecule has 8 N–H and O–H groups in total. The number of fused-ring (bicyclic) bond motifs is 2. The molecule has 5 aromatic heterocycles. The number of ether oxygens (including phenoxy) is 3. The van der Waals surface area contributed by atoms with E-state index >= 15 is 0 Å². The molecule has 0 unspecified atom stereocenters. The quantitative estimate of drug-likeness (QED) is 0.0298. The van der Waals surface area contributed by atoms with Crippen LogP contribution in [0.2, 0.25) is 0 Å².